The Morgan fingerprint density at radius 3 is 2.67 bits per heavy atom. The van der Waals surface area contributed by atoms with Crippen LogP contribution >= 0.6 is 11.6 Å². The molecule has 18 heavy (non-hydrogen) atoms. The fourth-order valence-corrected chi connectivity index (χ4v) is 2.01. The number of rotatable bonds is 3. The van der Waals surface area contributed by atoms with Gasteiger partial charge in [-0.25, -0.2) is 0 Å². The van der Waals surface area contributed by atoms with E-state index in [4.69, 9.17) is 18.0 Å². The van der Waals surface area contributed by atoms with Crippen molar-refractivity contribution in [3.8, 4) is 12.3 Å². The van der Waals surface area contributed by atoms with Crippen LogP contribution in [0.1, 0.15) is 24.1 Å². The molecule has 0 amide bonds. The Balaban J connectivity index is 2.16. The smallest absolute Gasteiger partial charge is 0.0486 e. The third kappa shape index (κ3) is 3.06. The first-order valence-corrected chi connectivity index (χ1v) is 6.15. The van der Waals surface area contributed by atoms with Crippen molar-refractivity contribution in [2.75, 3.05) is 5.32 Å². The van der Waals surface area contributed by atoms with Gasteiger partial charge in [0.1, 0.15) is 0 Å². The average molecular weight is 256 g/mol. The molecule has 0 aliphatic rings. The van der Waals surface area contributed by atoms with Gasteiger partial charge in [0.15, 0.2) is 0 Å². The summed E-state index contributed by atoms with van der Waals surface area (Å²) >= 11 is 5.99. The predicted octanol–water partition coefficient (Wildman–Crippen LogP) is 4.49. The van der Waals surface area contributed by atoms with E-state index in [2.05, 4.69) is 24.2 Å². The predicted molar refractivity (Wildman–Crippen MR) is 77.9 cm³/mol. The molecule has 0 fully saturated rings. The van der Waals surface area contributed by atoms with Crippen LogP contribution in [-0.2, 0) is 0 Å². The highest BCUT2D eigenvalue weighted by molar-refractivity contribution is 6.30. The molecule has 0 radical (unpaired) electrons. The highest BCUT2D eigenvalue weighted by atomic mass is 35.5. The van der Waals surface area contributed by atoms with Gasteiger partial charge in [0.05, 0.1) is 0 Å². The van der Waals surface area contributed by atoms with Gasteiger partial charge in [0.2, 0.25) is 0 Å². The van der Waals surface area contributed by atoms with Gasteiger partial charge in [-0.1, -0.05) is 35.7 Å². The summed E-state index contributed by atoms with van der Waals surface area (Å²) in [4.78, 5) is 0. The second-order valence-electron chi connectivity index (χ2n) is 4.15. The first-order chi connectivity index (χ1) is 8.69. The number of halogens is 1. The van der Waals surface area contributed by atoms with E-state index in [1.165, 1.54) is 0 Å². The van der Waals surface area contributed by atoms with Gasteiger partial charge in [-0.05, 0) is 42.8 Å². The number of anilines is 1. The molecular weight excluding hydrogens is 242 g/mol. The minimum absolute atomic E-state index is 0.178. The van der Waals surface area contributed by atoms with Gasteiger partial charge in [0.25, 0.3) is 0 Å². The van der Waals surface area contributed by atoms with Gasteiger partial charge in [-0.15, -0.1) is 6.42 Å². The molecule has 0 aliphatic heterocycles. The van der Waals surface area contributed by atoms with Crippen molar-refractivity contribution < 1.29 is 0 Å². The molecule has 0 aromatic heterocycles. The van der Waals surface area contributed by atoms with E-state index in [9.17, 15) is 0 Å². The third-order valence-electron chi connectivity index (χ3n) is 2.76. The van der Waals surface area contributed by atoms with Crippen molar-refractivity contribution in [2.24, 2.45) is 0 Å². The van der Waals surface area contributed by atoms with Gasteiger partial charge >= 0.3 is 0 Å². The SMILES string of the molecule is C#Cc1cccc(NC(C)c2cccc(Cl)c2)c1. The highest BCUT2D eigenvalue weighted by Crippen LogP contribution is 2.22. The molecule has 1 nitrogen and oxygen atoms in total. The van der Waals surface area contributed by atoms with E-state index in [-0.39, 0.29) is 6.04 Å². The summed E-state index contributed by atoms with van der Waals surface area (Å²) in [5, 5.41) is 4.15. The molecule has 0 saturated carbocycles. The lowest BCUT2D eigenvalue weighted by Gasteiger charge is -2.16. The summed E-state index contributed by atoms with van der Waals surface area (Å²) in [5.41, 5.74) is 3.03. The highest BCUT2D eigenvalue weighted by Gasteiger charge is 2.05. The zero-order chi connectivity index (χ0) is 13.0. The zero-order valence-corrected chi connectivity index (χ0v) is 10.9. The number of benzene rings is 2. The van der Waals surface area contributed by atoms with Crippen LogP contribution in [0, 0.1) is 12.3 Å². The molecule has 2 aromatic rings. The molecule has 0 aliphatic carbocycles. The van der Waals surface area contributed by atoms with Crippen LogP contribution in [-0.4, -0.2) is 0 Å². The molecule has 0 bridgehead atoms. The Hall–Kier alpha value is -1.91. The lowest BCUT2D eigenvalue weighted by molar-refractivity contribution is 0.885. The molecule has 1 unspecified atom stereocenters. The van der Waals surface area contributed by atoms with Crippen molar-refractivity contribution in [2.45, 2.75) is 13.0 Å². The Morgan fingerprint density at radius 2 is 1.94 bits per heavy atom. The normalized spacial score (nSPS) is 11.6. The van der Waals surface area contributed by atoms with Crippen molar-refractivity contribution >= 4 is 17.3 Å². The second-order valence-corrected chi connectivity index (χ2v) is 4.58. The van der Waals surface area contributed by atoms with Crippen LogP contribution in [0.4, 0.5) is 5.69 Å². The monoisotopic (exact) mass is 255 g/mol. The maximum absolute atomic E-state index is 5.99. The summed E-state index contributed by atoms with van der Waals surface area (Å²) in [7, 11) is 0. The zero-order valence-electron chi connectivity index (χ0n) is 10.2. The first kappa shape index (κ1) is 12.5. The maximum atomic E-state index is 5.99. The van der Waals surface area contributed by atoms with Crippen LogP contribution in [0.3, 0.4) is 0 Å². The number of nitrogens with one attached hydrogen (secondary N) is 1. The second kappa shape index (κ2) is 5.62. The Labute approximate surface area is 113 Å². The summed E-state index contributed by atoms with van der Waals surface area (Å²) in [5.74, 6) is 2.63. The molecule has 2 rings (SSSR count). The van der Waals surface area contributed by atoms with Crippen LogP contribution in [0.15, 0.2) is 48.5 Å². The van der Waals surface area contributed by atoms with Crippen LogP contribution in [0.25, 0.3) is 0 Å². The van der Waals surface area contributed by atoms with Crippen molar-refractivity contribution in [1.29, 1.82) is 0 Å². The molecule has 1 atom stereocenters. The molecule has 1 N–H and O–H groups in total. The van der Waals surface area contributed by atoms with Crippen molar-refractivity contribution in [3.63, 3.8) is 0 Å². The Morgan fingerprint density at radius 1 is 1.17 bits per heavy atom. The number of terminal acetylenes is 1. The first-order valence-electron chi connectivity index (χ1n) is 5.78. The molecule has 0 saturated heterocycles. The van der Waals surface area contributed by atoms with Crippen LogP contribution in [0.2, 0.25) is 5.02 Å². The van der Waals surface area contributed by atoms with E-state index in [0.29, 0.717) is 0 Å². The van der Waals surface area contributed by atoms with Crippen molar-refractivity contribution in [1.82, 2.24) is 0 Å². The quantitative estimate of drug-likeness (QED) is 0.797. The molecule has 90 valence electrons. The Kier molecular flexibility index (Phi) is 3.92. The fraction of sp³-hybridized carbons (Fsp3) is 0.125. The van der Waals surface area contributed by atoms with Gasteiger partial charge in [-0.2, -0.15) is 0 Å². The molecular formula is C16H14ClN. The van der Waals surface area contributed by atoms with E-state index >= 15 is 0 Å². The molecule has 2 aromatic carbocycles. The van der Waals surface area contributed by atoms with Crippen LogP contribution < -0.4 is 5.32 Å². The maximum Gasteiger partial charge on any atom is 0.0486 e. The molecule has 0 heterocycles. The minimum atomic E-state index is 0.178. The molecule has 2 heteroatoms. The largest absolute Gasteiger partial charge is 0.378 e. The third-order valence-corrected chi connectivity index (χ3v) is 3.00. The van der Waals surface area contributed by atoms with Crippen molar-refractivity contribution in [3.05, 3.63) is 64.7 Å². The standard InChI is InChI=1S/C16H14ClN/c1-3-13-6-4-9-16(10-13)18-12(2)14-7-5-8-15(17)11-14/h1,4-12,18H,2H3. The number of hydrogen-bond donors (Lipinski definition) is 1. The van der Waals surface area contributed by atoms with E-state index in [1.807, 2.05) is 42.5 Å². The summed E-state index contributed by atoms with van der Waals surface area (Å²) in [6.07, 6.45) is 5.39. The summed E-state index contributed by atoms with van der Waals surface area (Å²) < 4.78 is 0. The van der Waals surface area contributed by atoms with Gasteiger partial charge in [0, 0.05) is 22.3 Å². The molecule has 0 spiro atoms. The Bertz CT molecular complexity index is 584. The summed E-state index contributed by atoms with van der Waals surface area (Å²) in [6.45, 7) is 2.09. The van der Waals surface area contributed by atoms with Gasteiger partial charge in [-0.3, -0.25) is 0 Å². The lowest BCUT2D eigenvalue weighted by atomic mass is 10.1. The topological polar surface area (TPSA) is 12.0 Å². The van der Waals surface area contributed by atoms with Gasteiger partial charge < -0.3 is 5.32 Å². The lowest BCUT2D eigenvalue weighted by Crippen LogP contribution is -2.06. The fourth-order valence-electron chi connectivity index (χ4n) is 1.81. The van der Waals surface area contributed by atoms with Crippen LogP contribution in [0.5, 0.6) is 0 Å². The van der Waals surface area contributed by atoms with E-state index < -0.39 is 0 Å². The number of hydrogen-bond acceptors (Lipinski definition) is 1. The van der Waals surface area contributed by atoms with E-state index in [1.54, 1.807) is 0 Å². The minimum Gasteiger partial charge on any atom is -0.378 e. The van der Waals surface area contributed by atoms with E-state index in [0.717, 1.165) is 21.8 Å². The summed E-state index contributed by atoms with van der Waals surface area (Å²) in [6, 6.07) is 15.8. The average Bonchev–Trinajstić information content (AvgIpc) is 2.39.